The molecule has 2 N–H and O–H groups in total. The zero-order valence-electron chi connectivity index (χ0n) is 40.0. The van der Waals surface area contributed by atoms with Crippen molar-refractivity contribution in [3.63, 3.8) is 0 Å². The lowest BCUT2D eigenvalue weighted by molar-refractivity contribution is 0.328. The van der Waals surface area contributed by atoms with Crippen molar-refractivity contribution >= 4 is 39.7 Å². The second-order valence-corrected chi connectivity index (χ2v) is 20.9. The SMILES string of the molecule is CC12CCCC=C1N(C1CC=CCC1)c1c2ccc2oc3c(c12)C=C(c1ncc(-c2c(C4=CCCCC4)cccc2C2C=CC=CC2)cc1C1N=C(c2ccccc2)NC(C2C=CC=CC2)N1)CC3. The van der Waals surface area contributed by atoms with Gasteiger partial charge in [0.2, 0.25) is 0 Å². The lowest BCUT2D eigenvalue weighted by Gasteiger charge is -2.38. The van der Waals surface area contributed by atoms with E-state index in [-0.39, 0.29) is 29.6 Å². The second-order valence-electron chi connectivity index (χ2n) is 20.9. The maximum atomic E-state index is 6.94. The Morgan fingerprint density at radius 3 is 2.48 bits per heavy atom. The maximum Gasteiger partial charge on any atom is 0.137 e. The normalized spacial score (nSPS) is 27.0. The molecule has 8 aliphatic rings. The summed E-state index contributed by atoms with van der Waals surface area (Å²) in [6.07, 6.45) is 47.4. The number of amidine groups is 1. The van der Waals surface area contributed by atoms with E-state index in [0.717, 1.165) is 97.4 Å². The van der Waals surface area contributed by atoms with E-state index in [1.807, 2.05) is 0 Å². The van der Waals surface area contributed by atoms with Crippen LogP contribution in [0.2, 0.25) is 0 Å². The molecule has 2 aliphatic heterocycles. The molecule has 2 aromatic heterocycles. The number of pyridine rings is 1. The molecule has 5 aromatic rings. The molecule has 0 fully saturated rings. The molecule has 6 aliphatic carbocycles. The first-order valence-electron chi connectivity index (χ1n) is 26.2. The summed E-state index contributed by atoms with van der Waals surface area (Å²) < 4.78 is 6.94. The van der Waals surface area contributed by atoms with Crippen LogP contribution >= 0.6 is 0 Å². The summed E-state index contributed by atoms with van der Waals surface area (Å²) in [6.45, 7) is 2.51. The van der Waals surface area contributed by atoms with E-state index in [1.54, 1.807) is 0 Å². The molecule has 6 unspecified atom stereocenters. The van der Waals surface area contributed by atoms with Gasteiger partial charge in [-0.1, -0.05) is 128 Å². The summed E-state index contributed by atoms with van der Waals surface area (Å²) in [6, 6.07) is 25.3. The van der Waals surface area contributed by atoms with Gasteiger partial charge in [-0.25, -0.2) is 4.99 Å². The highest BCUT2D eigenvalue weighted by Crippen LogP contribution is 2.58. The lowest BCUT2D eigenvalue weighted by Crippen LogP contribution is -2.54. The molecule has 0 saturated heterocycles. The van der Waals surface area contributed by atoms with Crippen LogP contribution in [0.15, 0.2) is 161 Å². The number of aryl methyl sites for hydroxylation is 1. The Kier molecular flexibility index (Phi) is 11.0. The van der Waals surface area contributed by atoms with Crippen LogP contribution in [0.5, 0.6) is 0 Å². The number of furan rings is 1. The Hall–Kier alpha value is -6.50. The van der Waals surface area contributed by atoms with Crippen LogP contribution in [0.1, 0.15) is 147 Å². The Morgan fingerprint density at radius 2 is 1.65 bits per heavy atom. The number of allylic oxidation sites excluding steroid dienone is 13. The largest absolute Gasteiger partial charge is 0.460 e. The Labute approximate surface area is 407 Å². The van der Waals surface area contributed by atoms with Crippen LogP contribution in [0.25, 0.3) is 39.3 Å². The molecule has 69 heavy (non-hydrogen) atoms. The number of aliphatic imine (C=N–C) groups is 1. The van der Waals surface area contributed by atoms with Gasteiger partial charge in [-0.15, -0.1) is 0 Å². The van der Waals surface area contributed by atoms with E-state index in [9.17, 15) is 0 Å². The highest BCUT2D eigenvalue weighted by Gasteiger charge is 2.48. The van der Waals surface area contributed by atoms with E-state index >= 15 is 0 Å². The van der Waals surface area contributed by atoms with Crippen LogP contribution in [0, 0.1) is 5.92 Å². The van der Waals surface area contributed by atoms with Gasteiger partial charge >= 0.3 is 0 Å². The Bertz CT molecular complexity index is 3130. The predicted molar refractivity (Wildman–Crippen MR) is 285 cm³/mol. The molecule has 13 rings (SSSR count). The average molecular weight is 906 g/mol. The fourth-order valence-corrected chi connectivity index (χ4v) is 13.2. The van der Waals surface area contributed by atoms with Crippen LogP contribution < -0.4 is 15.5 Å². The maximum absolute atomic E-state index is 6.94. The second kappa shape index (κ2) is 17.8. The number of hydrogen-bond donors (Lipinski definition) is 2. The molecular formula is C63H63N5O. The van der Waals surface area contributed by atoms with Crippen molar-refractivity contribution in [3.8, 4) is 11.1 Å². The average Bonchev–Trinajstić information content (AvgIpc) is 3.93. The highest BCUT2D eigenvalue weighted by atomic mass is 16.3. The summed E-state index contributed by atoms with van der Waals surface area (Å²) in [5, 5.41) is 9.23. The van der Waals surface area contributed by atoms with Gasteiger partial charge in [-0.05, 0) is 142 Å². The van der Waals surface area contributed by atoms with E-state index in [4.69, 9.17) is 14.4 Å². The van der Waals surface area contributed by atoms with Gasteiger partial charge in [-0.3, -0.25) is 10.3 Å². The molecule has 6 heteroatoms. The molecular weight excluding hydrogens is 843 g/mol. The predicted octanol–water partition coefficient (Wildman–Crippen LogP) is 14.9. The van der Waals surface area contributed by atoms with Crippen LogP contribution in [0.3, 0.4) is 0 Å². The van der Waals surface area contributed by atoms with Crippen LogP contribution in [-0.2, 0) is 11.8 Å². The van der Waals surface area contributed by atoms with Crippen molar-refractivity contribution in [1.82, 2.24) is 15.6 Å². The minimum atomic E-state index is -0.354. The fourth-order valence-electron chi connectivity index (χ4n) is 13.2. The molecule has 346 valence electrons. The van der Waals surface area contributed by atoms with Crippen molar-refractivity contribution in [2.24, 2.45) is 10.9 Å². The number of fused-ring (bicyclic) bond motifs is 7. The lowest BCUT2D eigenvalue weighted by atomic mass is 9.74. The number of anilines is 1. The number of nitrogens with zero attached hydrogens (tertiary/aromatic N) is 3. The zero-order chi connectivity index (χ0) is 45.9. The number of nitrogens with one attached hydrogen (secondary N) is 2. The monoisotopic (exact) mass is 906 g/mol. The Morgan fingerprint density at radius 1 is 0.754 bits per heavy atom. The topological polar surface area (TPSA) is 65.7 Å². The third-order valence-corrected chi connectivity index (χ3v) is 16.7. The molecule has 0 bridgehead atoms. The van der Waals surface area contributed by atoms with E-state index < -0.39 is 0 Å². The van der Waals surface area contributed by atoms with Crippen LogP contribution in [0.4, 0.5) is 5.69 Å². The molecule has 6 atom stereocenters. The van der Waals surface area contributed by atoms with Gasteiger partial charge in [0.05, 0.1) is 22.9 Å². The summed E-state index contributed by atoms with van der Waals surface area (Å²) >= 11 is 0. The minimum absolute atomic E-state index is 0.000378. The van der Waals surface area contributed by atoms with Gasteiger partial charge in [0.25, 0.3) is 0 Å². The quantitative estimate of drug-likeness (QED) is 0.152. The first-order chi connectivity index (χ1) is 34.1. The first-order valence-corrected chi connectivity index (χ1v) is 26.2. The third kappa shape index (κ3) is 7.49. The van der Waals surface area contributed by atoms with Gasteiger partial charge in [0, 0.05) is 63.9 Å². The highest BCUT2D eigenvalue weighted by molar-refractivity contribution is 6.06. The van der Waals surface area contributed by atoms with Gasteiger partial charge in [-0.2, -0.15) is 0 Å². The molecule has 3 aromatic carbocycles. The minimum Gasteiger partial charge on any atom is -0.460 e. The van der Waals surface area contributed by atoms with Crippen molar-refractivity contribution in [2.45, 2.75) is 127 Å². The molecule has 0 amide bonds. The number of rotatable bonds is 8. The third-order valence-electron chi connectivity index (χ3n) is 16.7. The van der Waals surface area contributed by atoms with E-state index in [1.165, 1.54) is 87.8 Å². The zero-order valence-corrected chi connectivity index (χ0v) is 40.0. The summed E-state index contributed by atoms with van der Waals surface area (Å²) in [4.78, 5) is 14.1. The Balaban J connectivity index is 1.02. The first kappa shape index (κ1) is 42.6. The number of hydrogen-bond acceptors (Lipinski definition) is 6. The van der Waals surface area contributed by atoms with Crippen molar-refractivity contribution in [1.29, 1.82) is 0 Å². The smallest absolute Gasteiger partial charge is 0.137 e. The van der Waals surface area contributed by atoms with E-state index in [2.05, 4.69) is 174 Å². The van der Waals surface area contributed by atoms with Crippen molar-refractivity contribution in [2.75, 3.05) is 4.90 Å². The standard InChI is InChI=1S/C63H63N5O/c1-63-37-18-17-32-55(63)68(47-28-15-6-16-29-47)59-52(63)34-36-54-57(59)50-38-45(33-35-53(50)69-54)58-51(62-66-60(43-24-11-4-12-25-43)65-61(67-62)44-26-13-5-14-27-44)39-46(40-64-58)56-48(41-20-7-2-8-21-41)30-19-31-49(56)42-22-9-3-10-23-42/h2,4-8,11-15,19-20,22,24-26,30-32,34,36,38-41,44,47,61-62,67H,3,9-10,16-18,21,23,27-29,33,35,37H2,1H3,(H,65,66). The summed E-state index contributed by atoms with van der Waals surface area (Å²) in [7, 11) is 0. The molecule has 0 saturated carbocycles. The molecule has 4 heterocycles. The summed E-state index contributed by atoms with van der Waals surface area (Å²) in [5.74, 6) is 2.54. The molecule has 0 radical (unpaired) electrons. The van der Waals surface area contributed by atoms with Crippen molar-refractivity contribution < 1.29 is 4.42 Å². The fraction of sp³-hybridized carbons (Fsp3) is 0.333. The van der Waals surface area contributed by atoms with Crippen molar-refractivity contribution in [3.05, 3.63) is 196 Å². The number of benzene rings is 3. The van der Waals surface area contributed by atoms with Gasteiger partial charge in [0.15, 0.2) is 0 Å². The van der Waals surface area contributed by atoms with Crippen LogP contribution in [-0.4, -0.2) is 23.0 Å². The molecule has 0 spiro atoms. The van der Waals surface area contributed by atoms with Gasteiger partial charge < -0.3 is 14.6 Å². The number of aromatic nitrogens is 1. The summed E-state index contributed by atoms with van der Waals surface area (Å²) in [5.41, 5.74) is 17.7. The van der Waals surface area contributed by atoms with E-state index in [0.29, 0.717) is 6.04 Å². The molecule has 6 nitrogen and oxygen atoms in total. The van der Waals surface area contributed by atoms with Gasteiger partial charge in [0.1, 0.15) is 23.3 Å².